The van der Waals surface area contributed by atoms with E-state index in [2.05, 4.69) is 26.1 Å². The topological polar surface area (TPSA) is 58.6 Å². The molecule has 0 bridgehead atoms. The van der Waals surface area contributed by atoms with Crippen LogP contribution in [0.15, 0.2) is 0 Å². The third kappa shape index (κ3) is 6.80. The summed E-state index contributed by atoms with van der Waals surface area (Å²) < 4.78 is 5.19. The first-order valence-electron chi connectivity index (χ1n) is 5.83. The van der Waals surface area contributed by atoms with Gasteiger partial charge in [-0.2, -0.15) is 0 Å². The summed E-state index contributed by atoms with van der Waals surface area (Å²) in [6.07, 6.45) is 0.285. The van der Waals surface area contributed by atoms with Gasteiger partial charge in [-0.05, 0) is 25.7 Å². The third-order valence-electron chi connectivity index (χ3n) is 2.21. The summed E-state index contributed by atoms with van der Waals surface area (Å²) in [6.45, 7) is 10.3. The van der Waals surface area contributed by atoms with Crippen molar-refractivity contribution in [2.45, 2.75) is 53.2 Å². The van der Waals surface area contributed by atoms with Gasteiger partial charge in [-0.25, -0.2) is 0 Å². The van der Waals surface area contributed by atoms with Crippen LogP contribution in [0.3, 0.4) is 0 Å². The highest BCUT2D eigenvalue weighted by Crippen LogP contribution is 2.20. The molecule has 0 heterocycles. The molecule has 0 aromatic rings. The van der Waals surface area contributed by atoms with Crippen LogP contribution in [0.1, 0.15) is 41.0 Å². The van der Waals surface area contributed by atoms with Gasteiger partial charge in [0.25, 0.3) is 0 Å². The molecule has 0 radical (unpaired) electrons. The minimum absolute atomic E-state index is 0.0398. The Morgan fingerprint density at radius 1 is 1.44 bits per heavy atom. The van der Waals surface area contributed by atoms with E-state index in [0.29, 0.717) is 6.61 Å². The summed E-state index contributed by atoms with van der Waals surface area (Å²) in [5.41, 5.74) is 0.0789. The molecule has 4 nitrogen and oxygen atoms in total. The van der Waals surface area contributed by atoms with Crippen molar-refractivity contribution in [1.82, 2.24) is 5.32 Å². The molecule has 0 fully saturated rings. The minimum atomic E-state index is -0.459. The fourth-order valence-electron chi connectivity index (χ4n) is 1.54. The number of nitrogens with one attached hydrogen (secondary N) is 1. The van der Waals surface area contributed by atoms with Crippen molar-refractivity contribution in [1.29, 1.82) is 0 Å². The second-order valence-corrected chi connectivity index (χ2v) is 5.25. The largest absolute Gasteiger partial charge is 0.394 e. The molecule has 2 N–H and O–H groups in total. The highest BCUT2D eigenvalue weighted by Gasteiger charge is 2.22. The number of rotatable bonds is 6. The van der Waals surface area contributed by atoms with E-state index in [0.717, 1.165) is 6.42 Å². The molecule has 16 heavy (non-hydrogen) atoms. The Balaban J connectivity index is 4.16. The molecule has 0 rings (SSSR count). The third-order valence-corrected chi connectivity index (χ3v) is 2.21. The first-order valence-corrected chi connectivity index (χ1v) is 5.83. The van der Waals surface area contributed by atoms with Crippen LogP contribution in [0.4, 0.5) is 0 Å². The second-order valence-electron chi connectivity index (χ2n) is 5.25. The molecule has 0 aromatic carbocycles. The predicted octanol–water partition coefficient (Wildman–Crippen LogP) is 1.32. The van der Waals surface area contributed by atoms with Crippen LogP contribution in [0.25, 0.3) is 0 Å². The number of carbonyl (C=O) groups excluding carboxylic acids is 1. The molecule has 0 aromatic heterocycles. The SMILES string of the molecule is CCOC(C)C(=O)NC(CO)CC(C)(C)C. The lowest BCUT2D eigenvalue weighted by Gasteiger charge is -2.26. The van der Waals surface area contributed by atoms with E-state index < -0.39 is 6.10 Å². The van der Waals surface area contributed by atoms with Gasteiger partial charge in [-0.3, -0.25) is 4.79 Å². The van der Waals surface area contributed by atoms with E-state index in [4.69, 9.17) is 4.74 Å². The standard InChI is InChI=1S/C12H25NO3/c1-6-16-9(2)11(15)13-10(8-14)7-12(3,4)5/h9-10,14H,6-8H2,1-5H3,(H,13,15). The van der Waals surface area contributed by atoms with Crippen LogP contribution in [0.5, 0.6) is 0 Å². The summed E-state index contributed by atoms with van der Waals surface area (Å²) in [4.78, 5) is 11.6. The highest BCUT2D eigenvalue weighted by molar-refractivity contribution is 5.80. The number of aliphatic hydroxyl groups is 1. The lowest BCUT2D eigenvalue weighted by molar-refractivity contribution is -0.132. The molecule has 2 atom stereocenters. The Hall–Kier alpha value is -0.610. The summed E-state index contributed by atoms with van der Waals surface area (Å²) in [6, 6.07) is -0.199. The molecule has 2 unspecified atom stereocenters. The Labute approximate surface area is 98.4 Å². The maximum atomic E-state index is 11.6. The van der Waals surface area contributed by atoms with Crippen molar-refractivity contribution in [3.05, 3.63) is 0 Å². The number of ether oxygens (including phenoxy) is 1. The zero-order valence-corrected chi connectivity index (χ0v) is 11.0. The van der Waals surface area contributed by atoms with Crippen molar-refractivity contribution >= 4 is 5.91 Å². The van der Waals surface area contributed by atoms with Gasteiger partial charge in [0.2, 0.25) is 5.91 Å². The molecular formula is C12H25NO3. The number of aliphatic hydroxyl groups excluding tert-OH is 1. The maximum absolute atomic E-state index is 11.6. The van der Waals surface area contributed by atoms with Crippen molar-refractivity contribution in [2.24, 2.45) is 5.41 Å². The van der Waals surface area contributed by atoms with Crippen LogP contribution in [0.2, 0.25) is 0 Å². The van der Waals surface area contributed by atoms with E-state index in [1.54, 1.807) is 6.92 Å². The first-order chi connectivity index (χ1) is 7.30. The van der Waals surface area contributed by atoms with Gasteiger partial charge < -0.3 is 15.2 Å². The zero-order valence-electron chi connectivity index (χ0n) is 11.0. The van der Waals surface area contributed by atoms with Gasteiger partial charge >= 0.3 is 0 Å². The summed E-state index contributed by atoms with van der Waals surface area (Å²) in [5.74, 6) is -0.162. The number of carbonyl (C=O) groups is 1. The van der Waals surface area contributed by atoms with E-state index in [-0.39, 0.29) is 24.0 Å². The molecule has 0 aliphatic carbocycles. The molecule has 0 spiro atoms. The lowest BCUT2D eigenvalue weighted by Crippen LogP contribution is -2.44. The molecule has 0 aliphatic heterocycles. The molecule has 0 saturated heterocycles. The van der Waals surface area contributed by atoms with E-state index in [9.17, 15) is 9.90 Å². The summed E-state index contributed by atoms with van der Waals surface area (Å²) >= 11 is 0. The monoisotopic (exact) mass is 231 g/mol. The average Bonchev–Trinajstić information content (AvgIpc) is 2.14. The quantitative estimate of drug-likeness (QED) is 0.725. The van der Waals surface area contributed by atoms with Crippen LogP contribution in [-0.2, 0) is 9.53 Å². The molecule has 96 valence electrons. The lowest BCUT2D eigenvalue weighted by atomic mass is 9.88. The number of amides is 1. The second kappa shape index (κ2) is 6.86. The molecule has 0 aliphatic rings. The first kappa shape index (κ1) is 15.4. The van der Waals surface area contributed by atoms with Gasteiger partial charge in [0.1, 0.15) is 6.10 Å². The van der Waals surface area contributed by atoms with E-state index in [1.807, 2.05) is 6.92 Å². The van der Waals surface area contributed by atoms with Gasteiger partial charge in [-0.1, -0.05) is 20.8 Å². The number of hydrogen-bond donors (Lipinski definition) is 2. The maximum Gasteiger partial charge on any atom is 0.249 e. The summed E-state index contributed by atoms with van der Waals surface area (Å²) in [5, 5.41) is 12.0. The Bertz CT molecular complexity index is 211. The molecule has 4 heteroatoms. The molecule has 0 saturated carbocycles. The van der Waals surface area contributed by atoms with Crippen molar-refractivity contribution in [2.75, 3.05) is 13.2 Å². The highest BCUT2D eigenvalue weighted by atomic mass is 16.5. The fraction of sp³-hybridized carbons (Fsp3) is 0.917. The van der Waals surface area contributed by atoms with Crippen molar-refractivity contribution in [3.8, 4) is 0 Å². The molecular weight excluding hydrogens is 206 g/mol. The van der Waals surface area contributed by atoms with Crippen molar-refractivity contribution < 1.29 is 14.6 Å². The van der Waals surface area contributed by atoms with E-state index >= 15 is 0 Å². The normalized spacial score (nSPS) is 15.6. The smallest absolute Gasteiger partial charge is 0.249 e. The van der Waals surface area contributed by atoms with Crippen LogP contribution >= 0.6 is 0 Å². The van der Waals surface area contributed by atoms with Crippen LogP contribution in [-0.4, -0.2) is 36.4 Å². The van der Waals surface area contributed by atoms with Crippen molar-refractivity contribution in [3.63, 3.8) is 0 Å². The van der Waals surface area contributed by atoms with Crippen LogP contribution in [0, 0.1) is 5.41 Å². The fourth-order valence-corrected chi connectivity index (χ4v) is 1.54. The Morgan fingerprint density at radius 2 is 2.00 bits per heavy atom. The average molecular weight is 231 g/mol. The van der Waals surface area contributed by atoms with Gasteiger partial charge in [-0.15, -0.1) is 0 Å². The predicted molar refractivity (Wildman–Crippen MR) is 64.2 cm³/mol. The Kier molecular flexibility index (Phi) is 6.60. The van der Waals surface area contributed by atoms with Gasteiger partial charge in [0.05, 0.1) is 12.6 Å². The minimum Gasteiger partial charge on any atom is -0.394 e. The summed E-state index contributed by atoms with van der Waals surface area (Å²) in [7, 11) is 0. The van der Waals surface area contributed by atoms with Gasteiger partial charge in [0, 0.05) is 6.61 Å². The van der Waals surface area contributed by atoms with Gasteiger partial charge in [0.15, 0.2) is 0 Å². The van der Waals surface area contributed by atoms with Crippen LogP contribution < -0.4 is 5.32 Å². The zero-order chi connectivity index (χ0) is 12.8. The Morgan fingerprint density at radius 3 is 2.38 bits per heavy atom. The molecule has 1 amide bonds. The number of hydrogen-bond acceptors (Lipinski definition) is 3. The van der Waals surface area contributed by atoms with E-state index in [1.165, 1.54) is 0 Å².